The van der Waals surface area contributed by atoms with Gasteiger partial charge in [0.05, 0.1) is 0 Å². The Hall–Kier alpha value is -1.16. The summed E-state index contributed by atoms with van der Waals surface area (Å²) in [4.78, 5) is 1.21. The molecule has 0 aromatic heterocycles. The monoisotopic (exact) mass is 293 g/mol. The van der Waals surface area contributed by atoms with Crippen molar-refractivity contribution in [3.8, 4) is 11.5 Å². The summed E-state index contributed by atoms with van der Waals surface area (Å²) < 4.78 is 5.89. The molecule has 0 radical (unpaired) electrons. The molecule has 2 N–H and O–H groups in total. The van der Waals surface area contributed by atoms with E-state index in [0.717, 1.165) is 23.5 Å². The van der Waals surface area contributed by atoms with Gasteiger partial charge in [-0.3, -0.25) is 0 Å². The Bertz CT molecular complexity index is 542. The number of hydrogen-bond acceptors (Lipinski definition) is 3. The van der Waals surface area contributed by atoms with Crippen LogP contribution in [0.4, 0.5) is 0 Å². The summed E-state index contributed by atoms with van der Waals surface area (Å²) in [5.41, 5.74) is 6.68. The molecule has 0 saturated heterocycles. The van der Waals surface area contributed by atoms with Crippen molar-refractivity contribution in [1.82, 2.24) is 0 Å². The fourth-order valence-corrected chi connectivity index (χ4v) is 2.33. The van der Waals surface area contributed by atoms with Crippen LogP contribution in [-0.2, 0) is 6.42 Å². The maximum atomic E-state index is 6.02. The fourth-order valence-electron chi connectivity index (χ4n) is 1.76. The standard InChI is InChI=1S/C15H16ClNOS/c1-19-14-6-4-13(5-7-14)18-15-10-12(16)3-2-11(15)8-9-17/h2-7,10H,8-9,17H2,1H3. The van der Waals surface area contributed by atoms with Gasteiger partial charge in [0.2, 0.25) is 0 Å². The number of ether oxygens (including phenoxy) is 1. The molecule has 0 fully saturated rings. The summed E-state index contributed by atoms with van der Waals surface area (Å²) in [6, 6.07) is 13.6. The number of halogens is 1. The highest BCUT2D eigenvalue weighted by atomic mass is 35.5. The van der Waals surface area contributed by atoms with Crippen LogP contribution in [0.25, 0.3) is 0 Å². The Balaban J connectivity index is 2.23. The lowest BCUT2D eigenvalue weighted by Gasteiger charge is -2.11. The minimum Gasteiger partial charge on any atom is -0.457 e. The van der Waals surface area contributed by atoms with E-state index < -0.39 is 0 Å². The van der Waals surface area contributed by atoms with E-state index in [0.29, 0.717) is 11.6 Å². The van der Waals surface area contributed by atoms with E-state index in [2.05, 4.69) is 0 Å². The van der Waals surface area contributed by atoms with Gasteiger partial charge in [-0.25, -0.2) is 0 Å². The molecule has 0 unspecified atom stereocenters. The predicted octanol–water partition coefficient (Wildman–Crippen LogP) is 4.36. The third-order valence-corrected chi connectivity index (χ3v) is 3.71. The van der Waals surface area contributed by atoms with Crippen molar-refractivity contribution < 1.29 is 4.74 Å². The van der Waals surface area contributed by atoms with Crippen LogP contribution < -0.4 is 10.5 Å². The smallest absolute Gasteiger partial charge is 0.132 e. The van der Waals surface area contributed by atoms with Crippen LogP contribution >= 0.6 is 23.4 Å². The highest BCUT2D eigenvalue weighted by Gasteiger charge is 2.06. The maximum absolute atomic E-state index is 6.02. The van der Waals surface area contributed by atoms with E-state index in [1.54, 1.807) is 11.8 Å². The van der Waals surface area contributed by atoms with Crippen LogP contribution in [0.2, 0.25) is 5.02 Å². The Kier molecular flexibility index (Phi) is 5.14. The van der Waals surface area contributed by atoms with Crippen molar-refractivity contribution >= 4 is 23.4 Å². The molecule has 0 bridgehead atoms. The summed E-state index contributed by atoms with van der Waals surface area (Å²) in [7, 11) is 0. The van der Waals surface area contributed by atoms with Gasteiger partial charge in [0, 0.05) is 9.92 Å². The minimum atomic E-state index is 0.587. The van der Waals surface area contributed by atoms with Gasteiger partial charge in [0.15, 0.2) is 0 Å². The fraction of sp³-hybridized carbons (Fsp3) is 0.200. The van der Waals surface area contributed by atoms with Crippen molar-refractivity contribution in [1.29, 1.82) is 0 Å². The predicted molar refractivity (Wildman–Crippen MR) is 82.5 cm³/mol. The first-order chi connectivity index (χ1) is 9.22. The molecule has 2 aromatic carbocycles. The Labute approximate surface area is 122 Å². The quantitative estimate of drug-likeness (QED) is 0.832. The molecule has 2 nitrogen and oxygen atoms in total. The van der Waals surface area contributed by atoms with Gasteiger partial charge in [0.25, 0.3) is 0 Å². The number of nitrogens with two attached hydrogens (primary N) is 1. The Morgan fingerprint density at radius 1 is 1.16 bits per heavy atom. The summed E-state index contributed by atoms with van der Waals surface area (Å²) in [6.07, 6.45) is 2.82. The van der Waals surface area contributed by atoms with Crippen LogP contribution in [-0.4, -0.2) is 12.8 Å². The zero-order valence-electron chi connectivity index (χ0n) is 10.7. The second kappa shape index (κ2) is 6.85. The number of thioether (sulfide) groups is 1. The molecule has 2 aromatic rings. The van der Waals surface area contributed by atoms with Crippen molar-refractivity contribution in [3.05, 3.63) is 53.1 Å². The average Bonchev–Trinajstić information content (AvgIpc) is 2.43. The summed E-state index contributed by atoms with van der Waals surface area (Å²) in [5.74, 6) is 1.58. The van der Waals surface area contributed by atoms with E-state index in [9.17, 15) is 0 Å². The molecule has 4 heteroatoms. The molecular formula is C15H16ClNOS. The Morgan fingerprint density at radius 2 is 1.89 bits per heavy atom. The van der Waals surface area contributed by atoms with E-state index in [1.165, 1.54) is 4.90 Å². The summed E-state index contributed by atoms with van der Waals surface area (Å²) >= 11 is 7.72. The van der Waals surface area contributed by atoms with Crippen molar-refractivity contribution in [2.45, 2.75) is 11.3 Å². The normalized spacial score (nSPS) is 10.5. The van der Waals surface area contributed by atoms with Crippen LogP contribution in [0, 0.1) is 0 Å². The summed E-state index contributed by atoms with van der Waals surface area (Å²) in [5, 5.41) is 0.663. The van der Waals surface area contributed by atoms with Gasteiger partial charge in [-0.1, -0.05) is 17.7 Å². The van der Waals surface area contributed by atoms with Crippen molar-refractivity contribution in [2.24, 2.45) is 5.73 Å². The lowest BCUT2D eigenvalue weighted by atomic mass is 10.1. The molecule has 0 amide bonds. The molecule has 0 atom stereocenters. The van der Waals surface area contributed by atoms with Gasteiger partial charge in [-0.05, 0) is 61.2 Å². The van der Waals surface area contributed by atoms with Gasteiger partial charge < -0.3 is 10.5 Å². The zero-order valence-corrected chi connectivity index (χ0v) is 12.3. The molecule has 0 aliphatic rings. The van der Waals surface area contributed by atoms with Crippen molar-refractivity contribution in [3.63, 3.8) is 0 Å². The van der Waals surface area contributed by atoms with Gasteiger partial charge in [0.1, 0.15) is 11.5 Å². The molecule has 19 heavy (non-hydrogen) atoms. The molecule has 0 aliphatic heterocycles. The van der Waals surface area contributed by atoms with E-state index in [4.69, 9.17) is 22.1 Å². The van der Waals surface area contributed by atoms with Crippen LogP contribution in [0.15, 0.2) is 47.4 Å². The van der Waals surface area contributed by atoms with Crippen molar-refractivity contribution in [2.75, 3.05) is 12.8 Å². The molecule has 0 saturated carbocycles. The van der Waals surface area contributed by atoms with Gasteiger partial charge >= 0.3 is 0 Å². The molecule has 0 aliphatic carbocycles. The molecule has 2 rings (SSSR count). The van der Waals surface area contributed by atoms with Crippen LogP contribution in [0.1, 0.15) is 5.56 Å². The average molecular weight is 294 g/mol. The first kappa shape index (κ1) is 14.3. The zero-order chi connectivity index (χ0) is 13.7. The largest absolute Gasteiger partial charge is 0.457 e. The Morgan fingerprint density at radius 3 is 2.53 bits per heavy atom. The lowest BCUT2D eigenvalue weighted by molar-refractivity contribution is 0.476. The molecule has 100 valence electrons. The van der Waals surface area contributed by atoms with Crippen LogP contribution in [0.5, 0.6) is 11.5 Å². The molecule has 0 spiro atoms. The second-order valence-corrected chi connectivity index (χ2v) is 5.38. The van der Waals surface area contributed by atoms with E-state index in [1.807, 2.05) is 48.7 Å². The first-order valence-electron chi connectivity index (χ1n) is 6.03. The topological polar surface area (TPSA) is 35.2 Å². The highest BCUT2D eigenvalue weighted by molar-refractivity contribution is 7.98. The van der Waals surface area contributed by atoms with E-state index in [-0.39, 0.29) is 0 Å². The minimum absolute atomic E-state index is 0.587. The number of benzene rings is 2. The molecular weight excluding hydrogens is 278 g/mol. The third kappa shape index (κ3) is 3.90. The number of hydrogen-bond donors (Lipinski definition) is 1. The number of rotatable bonds is 5. The third-order valence-electron chi connectivity index (χ3n) is 2.73. The first-order valence-corrected chi connectivity index (χ1v) is 7.63. The van der Waals surface area contributed by atoms with Gasteiger partial charge in [-0.2, -0.15) is 0 Å². The lowest BCUT2D eigenvalue weighted by Crippen LogP contribution is -2.04. The van der Waals surface area contributed by atoms with Crippen LogP contribution in [0.3, 0.4) is 0 Å². The van der Waals surface area contributed by atoms with E-state index >= 15 is 0 Å². The maximum Gasteiger partial charge on any atom is 0.132 e. The highest BCUT2D eigenvalue weighted by Crippen LogP contribution is 2.29. The second-order valence-electron chi connectivity index (χ2n) is 4.07. The summed E-state index contributed by atoms with van der Waals surface area (Å²) in [6.45, 7) is 0.587. The molecule has 0 heterocycles. The SMILES string of the molecule is CSc1ccc(Oc2cc(Cl)ccc2CCN)cc1. The van der Waals surface area contributed by atoms with Gasteiger partial charge in [-0.15, -0.1) is 11.8 Å².